The van der Waals surface area contributed by atoms with Gasteiger partial charge in [-0.2, -0.15) is 0 Å². The van der Waals surface area contributed by atoms with Gasteiger partial charge in [-0.1, -0.05) is 27.7 Å². The van der Waals surface area contributed by atoms with Gasteiger partial charge in [0.15, 0.2) is 0 Å². The average molecular weight is 244 g/mol. The lowest BCUT2D eigenvalue weighted by molar-refractivity contribution is -0.139. The summed E-state index contributed by atoms with van der Waals surface area (Å²) in [6.45, 7) is 9.72. The van der Waals surface area contributed by atoms with Gasteiger partial charge in [-0.25, -0.2) is 9.59 Å². The van der Waals surface area contributed by atoms with E-state index in [0.29, 0.717) is 12.3 Å². The second kappa shape index (κ2) is 7.14. The molecule has 0 aliphatic rings. The van der Waals surface area contributed by atoms with Gasteiger partial charge < -0.3 is 15.7 Å². The van der Waals surface area contributed by atoms with E-state index in [4.69, 9.17) is 5.11 Å². The number of amides is 2. The molecule has 0 aliphatic heterocycles. The van der Waals surface area contributed by atoms with Crippen LogP contribution >= 0.6 is 0 Å². The number of urea groups is 1. The molecule has 0 rings (SSSR count). The Morgan fingerprint density at radius 1 is 1.06 bits per heavy atom. The highest BCUT2D eigenvalue weighted by Gasteiger charge is 2.21. The molecular weight excluding hydrogens is 220 g/mol. The maximum atomic E-state index is 11.6. The SMILES string of the molecule is CC(C)C[C@@H](NC(=O)NC(C)C(C)C)C(=O)O. The smallest absolute Gasteiger partial charge is 0.326 e. The van der Waals surface area contributed by atoms with E-state index in [2.05, 4.69) is 10.6 Å². The summed E-state index contributed by atoms with van der Waals surface area (Å²) in [4.78, 5) is 22.5. The molecule has 3 N–H and O–H groups in total. The number of rotatable bonds is 6. The van der Waals surface area contributed by atoms with Crippen molar-refractivity contribution in [1.29, 1.82) is 0 Å². The largest absolute Gasteiger partial charge is 0.480 e. The molecule has 0 spiro atoms. The third-order valence-electron chi connectivity index (χ3n) is 2.67. The van der Waals surface area contributed by atoms with Crippen LogP contribution in [0.15, 0.2) is 0 Å². The van der Waals surface area contributed by atoms with Crippen LogP contribution in [-0.2, 0) is 4.79 Å². The molecule has 100 valence electrons. The average Bonchev–Trinajstić information content (AvgIpc) is 2.15. The zero-order valence-corrected chi connectivity index (χ0v) is 11.3. The van der Waals surface area contributed by atoms with E-state index in [1.807, 2.05) is 34.6 Å². The topological polar surface area (TPSA) is 78.4 Å². The molecule has 5 nitrogen and oxygen atoms in total. The third kappa shape index (κ3) is 6.81. The van der Waals surface area contributed by atoms with Gasteiger partial charge in [0, 0.05) is 6.04 Å². The summed E-state index contributed by atoms with van der Waals surface area (Å²) in [5, 5.41) is 14.2. The van der Waals surface area contributed by atoms with Gasteiger partial charge in [0.1, 0.15) is 6.04 Å². The fraction of sp³-hybridized carbons (Fsp3) is 0.833. The summed E-state index contributed by atoms with van der Waals surface area (Å²) in [6, 6.07) is -1.22. The molecule has 0 aromatic carbocycles. The van der Waals surface area contributed by atoms with Crippen molar-refractivity contribution in [2.24, 2.45) is 11.8 Å². The lowest BCUT2D eigenvalue weighted by Gasteiger charge is -2.21. The minimum Gasteiger partial charge on any atom is -0.480 e. The van der Waals surface area contributed by atoms with E-state index in [-0.39, 0.29) is 12.0 Å². The van der Waals surface area contributed by atoms with E-state index in [1.54, 1.807) is 0 Å². The Morgan fingerprint density at radius 3 is 1.94 bits per heavy atom. The highest BCUT2D eigenvalue weighted by Crippen LogP contribution is 2.05. The molecule has 0 bridgehead atoms. The lowest BCUT2D eigenvalue weighted by Crippen LogP contribution is -2.49. The molecule has 0 heterocycles. The molecule has 0 radical (unpaired) electrons. The van der Waals surface area contributed by atoms with Crippen molar-refractivity contribution in [3.63, 3.8) is 0 Å². The van der Waals surface area contributed by atoms with Crippen LogP contribution in [0.5, 0.6) is 0 Å². The molecular formula is C12H24N2O3. The first kappa shape index (κ1) is 15.7. The summed E-state index contributed by atoms with van der Waals surface area (Å²) in [5.41, 5.74) is 0. The van der Waals surface area contributed by atoms with E-state index in [0.717, 1.165) is 0 Å². The molecule has 0 saturated carbocycles. The number of carboxylic acids is 1. The Hall–Kier alpha value is -1.26. The molecule has 0 aliphatic carbocycles. The highest BCUT2D eigenvalue weighted by molar-refractivity contribution is 5.82. The van der Waals surface area contributed by atoms with Crippen molar-refractivity contribution in [3.8, 4) is 0 Å². The molecule has 5 heteroatoms. The van der Waals surface area contributed by atoms with E-state index < -0.39 is 18.0 Å². The Kier molecular flexibility index (Phi) is 6.61. The highest BCUT2D eigenvalue weighted by atomic mass is 16.4. The second-order valence-corrected chi connectivity index (χ2v) is 5.17. The molecule has 1 unspecified atom stereocenters. The van der Waals surface area contributed by atoms with E-state index in [9.17, 15) is 9.59 Å². The Bertz CT molecular complexity index is 264. The van der Waals surface area contributed by atoms with Gasteiger partial charge in [0.25, 0.3) is 0 Å². The summed E-state index contributed by atoms with van der Waals surface area (Å²) >= 11 is 0. The predicted molar refractivity (Wildman–Crippen MR) is 66.8 cm³/mol. The van der Waals surface area contributed by atoms with Crippen LogP contribution in [0.1, 0.15) is 41.0 Å². The number of carbonyl (C=O) groups is 2. The third-order valence-corrected chi connectivity index (χ3v) is 2.67. The van der Waals surface area contributed by atoms with Gasteiger partial charge in [0.2, 0.25) is 0 Å². The van der Waals surface area contributed by atoms with Gasteiger partial charge in [-0.15, -0.1) is 0 Å². The first-order valence-electron chi connectivity index (χ1n) is 6.03. The van der Waals surface area contributed by atoms with Gasteiger partial charge in [-0.3, -0.25) is 0 Å². The van der Waals surface area contributed by atoms with Crippen LogP contribution in [0.3, 0.4) is 0 Å². The van der Waals surface area contributed by atoms with Crippen molar-refractivity contribution in [3.05, 3.63) is 0 Å². The number of carbonyl (C=O) groups excluding carboxylic acids is 1. The van der Waals surface area contributed by atoms with Crippen LogP contribution in [0.25, 0.3) is 0 Å². The fourth-order valence-electron chi connectivity index (χ4n) is 1.27. The molecule has 0 saturated heterocycles. The van der Waals surface area contributed by atoms with Crippen molar-refractivity contribution >= 4 is 12.0 Å². The predicted octanol–water partition coefficient (Wildman–Crippen LogP) is 1.83. The zero-order chi connectivity index (χ0) is 13.6. The summed E-state index contributed by atoms with van der Waals surface area (Å²) in [6.07, 6.45) is 0.429. The van der Waals surface area contributed by atoms with Crippen molar-refractivity contribution in [1.82, 2.24) is 10.6 Å². The van der Waals surface area contributed by atoms with Crippen LogP contribution in [0, 0.1) is 11.8 Å². The minimum atomic E-state index is -0.994. The van der Waals surface area contributed by atoms with Gasteiger partial charge >= 0.3 is 12.0 Å². The monoisotopic (exact) mass is 244 g/mol. The molecule has 0 aromatic heterocycles. The van der Waals surface area contributed by atoms with Gasteiger partial charge in [0.05, 0.1) is 0 Å². The van der Waals surface area contributed by atoms with Crippen molar-refractivity contribution in [2.45, 2.75) is 53.1 Å². The molecule has 0 aromatic rings. The number of hydrogen-bond acceptors (Lipinski definition) is 2. The maximum Gasteiger partial charge on any atom is 0.326 e. The Morgan fingerprint density at radius 2 is 1.59 bits per heavy atom. The quantitative estimate of drug-likeness (QED) is 0.667. The normalized spacial score (nSPS) is 14.5. The number of carboxylic acid groups (broad SMARTS) is 1. The molecule has 17 heavy (non-hydrogen) atoms. The Balaban J connectivity index is 4.26. The number of nitrogens with one attached hydrogen (secondary N) is 2. The van der Waals surface area contributed by atoms with Gasteiger partial charge in [-0.05, 0) is 25.2 Å². The summed E-state index contributed by atoms with van der Waals surface area (Å²) < 4.78 is 0. The second-order valence-electron chi connectivity index (χ2n) is 5.17. The zero-order valence-electron chi connectivity index (χ0n) is 11.3. The van der Waals surface area contributed by atoms with Crippen LogP contribution < -0.4 is 10.6 Å². The molecule has 2 amide bonds. The number of hydrogen-bond donors (Lipinski definition) is 3. The maximum absolute atomic E-state index is 11.6. The molecule has 2 atom stereocenters. The lowest BCUT2D eigenvalue weighted by atomic mass is 10.0. The first-order valence-corrected chi connectivity index (χ1v) is 6.03. The van der Waals surface area contributed by atoms with Crippen molar-refractivity contribution in [2.75, 3.05) is 0 Å². The summed E-state index contributed by atoms with van der Waals surface area (Å²) in [7, 11) is 0. The minimum absolute atomic E-state index is 0.0171. The first-order chi connectivity index (χ1) is 7.73. The van der Waals surface area contributed by atoms with Crippen molar-refractivity contribution < 1.29 is 14.7 Å². The number of aliphatic carboxylic acids is 1. The Labute approximate surface area is 103 Å². The van der Waals surface area contributed by atoms with Crippen LogP contribution in [0.2, 0.25) is 0 Å². The van der Waals surface area contributed by atoms with E-state index in [1.165, 1.54) is 0 Å². The van der Waals surface area contributed by atoms with Crippen LogP contribution in [-0.4, -0.2) is 29.2 Å². The standard InChI is InChI=1S/C12H24N2O3/c1-7(2)6-10(11(15)16)14-12(17)13-9(5)8(3)4/h7-10H,6H2,1-5H3,(H,15,16)(H2,13,14,17)/t9?,10-/m1/s1. The van der Waals surface area contributed by atoms with Crippen LogP contribution in [0.4, 0.5) is 4.79 Å². The van der Waals surface area contributed by atoms with E-state index >= 15 is 0 Å². The fourth-order valence-corrected chi connectivity index (χ4v) is 1.27. The summed E-state index contributed by atoms with van der Waals surface area (Å²) in [5.74, 6) is -0.459. The molecule has 0 fully saturated rings.